The quantitative estimate of drug-likeness (QED) is 0.0908. The molecule has 0 aliphatic heterocycles. The Morgan fingerprint density at radius 3 is 1.21 bits per heavy atom. The lowest BCUT2D eigenvalue weighted by Crippen LogP contribution is -2.26. The van der Waals surface area contributed by atoms with Crippen molar-refractivity contribution in [3.05, 3.63) is 223 Å². The molecule has 314 valence electrons. The van der Waals surface area contributed by atoms with Crippen LogP contribution in [0.15, 0.2) is 206 Å². The third-order valence-corrected chi connectivity index (χ3v) is 11.8. The van der Waals surface area contributed by atoms with Crippen LogP contribution in [0.3, 0.4) is 0 Å². The fourth-order valence-electron chi connectivity index (χ4n) is 7.55. The second kappa shape index (κ2) is 19.1. The molecule has 0 aliphatic carbocycles. The van der Waals surface area contributed by atoms with E-state index in [1.807, 2.05) is 72.8 Å². The molecule has 0 heterocycles. The second-order valence-electron chi connectivity index (χ2n) is 16.5. The molecule has 0 spiro atoms. The number of carbonyl (C=O) groups is 1. The molecule has 0 aromatic heterocycles. The van der Waals surface area contributed by atoms with E-state index in [4.69, 9.17) is 9.47 Å². The first-order chi connectivity index (χ1) is 30.7. The number of ether oxygens (including phenoxy) is 2. The second-order valence-corrected chi connectivity index (χ2v) is 16.5. The van der Waals surface area contributed by atoms with Gasteiger partial charge in [0.15, 0.2) is 5.78 Å². The Bertz CT molecular complexity index is 2660. The number of para-hydroxylation sites is 2. The molecule has 1 unspecified atom stereocenters. The highest BCUT2D eigenvalue weighted by Gasteiger charge is 2.19. The largest absolute Gasteiger partial charge is 0.488 e. The van der Waals surface area contributed by atoms with Gasteiger partial charge in [0.1, 0.15) is 22.8 Å². The van der Waals surface area contributed by atoms with E-state index in [2.05, 4.69) is 178 Å². The monoisotopic (exact) mass is 826 g/mol. The Balaban J connectivity index is 1.02. The van der Waals surface area contributed by atoms with Gasteiger partial charge in [0.2, 0.25) is 0 Å². The predicted octanol–water partition coefficient (Wildman–Crippen LogP) is 16.4. The summed E-state index contributed by atoms with van der Waals surface area (Å²) in [7, 11) is 0. The molecule has 8 aromatic carbocycles. The lowest BCUT2D eigenvalue weighted by molar-refractivity contribution is 0.103. The lowest BCUT2D eigenvalue weighted by Gasteiger charge is -2.28. The summed E-state index contributed by atoms with van der Waals surface area (Å²) < 4.78 is 12.6. The predicted molar refractivity (Wildman–Crippen MR) is 261 cm³/mol. The number of hydrogen-bond acceptors (Lipinski definition) is 5. The minimum Gasteiger partial charge on any atom is -0.488 e. The minimum atomic E-state index is -0.262. The van der Waals surface area contributed by atoms with Crippen LogP contribution in [-0.4, -0.2) is 11.4 Å². The summed E-state index contributed by atoms with van der Waals surface area (Å²) in [4.78, 5) is 17.8. The number of ketones is 1. The van der Waals surface area contributed by atoms with E-state index in [-0.39, 0.29) is 11.4 Å². The third kappa shape index (κ3) is 10.1. The highest BCUT2D eigenvalue weighted by Crippen LogP contribution is 2.39. The Morgan fingerprint density at radius 1 is 0.460 bits per heavy atom. The average molecular weight is 827 g/mol. The van der Waals surface area contributed by atoms with Crippen molar-refractivity contribution >= 4 is 39.9 Å². The van der Waals surface area contributed by atoms with Crippen molar-refractivity contribution < 1.29 is 14.3 Å². The smallest absolute Gasteiger partial charge is 0.193 e. The van der Waals surface area contributed by atoms with E-state index < -0.39 is 0 Å². The molecule has 8 aromatic rings. The van der Waals surface area contributed by atoms with Gasteiger partial charge in [-0.2, -0.15) is 0 Å². The van der Waals surface area contributed by atoms with Gasteiger partial charge < -0.3 is 19.3 Å². The van der Waals surface area contributed by atoms with Crippen LogP contribution in [0.2, 0.25) is 0 Å². The maximum Gasteiger partial charge on any atom is 0.193 e. The first kappa shape index (κ1) is 42.3. The van der Waals surface area contributed by atoms with Crippen molar-refractivity contribution in [2.24, 2.45) is 0 Å². The maximum atomic E-state index is 13.3. The van der Waals surface area contributed by atoms with Crippen LogP contribution in [-0.2, 0) is 0 Å². The Labute approximate surface area is 372 Å². The van der Waals surface area contributed by atoms with Gasteiger partial charge in [-0.05, 0) is 171 Å². The van der Waals surface area contributed by atoms with Crippen molar-refractivity contribution in [3.8, 4) is 28.4 Å². The van der Waals surface area contributed by atoms with Gasteiger partial charge >= 0.3 is 0 Å². The summed E-state index contributed by atoms with van der Waals surface area (Å²) in [5.74, 6) is 2.65. The van der Waals surface area contributed by atoms with Crippen molar-refractivity contribution in [2.75, 3.05) is 9.80 Å². The molecule has 0 saturated heterocycles. The molecule has 1 atom stereocenters. The number of carbonyl (C=O) groups excluding carboxylic acids is 1. The third-order valence-electron chi connectivity index (χ3n) is 11.8. The SMILES string of the molecule is CCC(C)c1ccc(C(=O)c2ccc(Oc3ccc(N(c4ccc(OC(C)(C)CC)cc4)c4ccc(-c5ccc(N(c6ccccc6)c6ccccc6)cc5)cc4)cc3)cc2)cc1. The first-order valence-corrected chi connectivity index (χ1v) is 21.9. The van der Waals surface area contributed by atoms with Crippen molar-refractivity contribution in [1.82, 2.24) is 0 Å². The van der Waals surface area contributed by atoms with Gasteiger partial charge in [0.25, 0.3) is 0 Å². The molecular weight excluding hydrogens is 773 g/mol. The van der Waals surface area contributed by atoms with Gasteiger partial charge in [-0.15, -0.1) is 0 Å². The molecule has 8 rings (SSSR count). The zero-order valence-corrected chi connectivity index (χ0v) is 36.7. The van der Waals surface area contributed by atoms with Crippen molar-refractivity contribution in [2.45, 2.75) is 59.0 Å². The number of nitrogens with zero attached hydrogens (tertiary/aromatic N) is 2. The van der Waals surface area contributed by atoms with Gasteiger partial charge in [0.05, 0.1) is 0 Å². The molecule has 0 aliphatic rings. The van der Waals surface area contributed by atoms with Crippen LogP contribution >= 0.6 is 0 Å². The fraction of sp³-hybridized carbons (Fsp3) is 0.155. The summed E-state index contributed by atoms with van der Waals surface area (Å²) in [6.07, 6.45) is 1.96. The van der Waals surface area contributed by atoms with Gasteiger partial charge in [-0.3, -0.25) is 4.79 Å². The van der Waals surface area contributed by atoms with Crippen LogP contribution in [0, 0.1) is 0 Å². The first-order valence-electron chi connectivity index (χ1n) is 21.9. The summed E-state index contributed by atoms with van der Waals surface area (Å²) in [5, 5.41) is 0. The zero-order valence-electron chi connectivity index (χ0n) is 36.7. The Hall–Kier alpha value is -7.37. The van der Waals surface area contributed by atoms with E-state index >= 15 is 0 Å². The maximum absolute atomic E-state index is 13.3. The summed E-state index contributed by atoms with van der Waals surface area (Å²) in [6.45, 7) is 10.7. The summed E-state index contributed by atoms with van der Waals surface area (Å²) >= 11 is 0. The number of anilines is 6. The normalized spacial score (nSPS) is 11.7. The topological polar surface area (TPSA) is 42.0 Å². The van der Waals surface area contributed by atoms with Crippen LogP contribution in [0.1, 0.15) is 74.9 Å². The van der Waals surface area contributed by atoms with E-state index in [9.17, 15) is 4.79 Å². The molecule has 0 fully saturated rings. The summed E-state index contributed by atoms with van der Waals surface area (Å²) in [6, 6.07) is 70.1. The number of benzene rings is 8. The molecule has 63 heavy (non-hydrogen) atoms. The standard InChI is InChI=1S/C58H54N2O3/c1-6-42(3)43-18-20-46(21-19-43)57(61)47-26-36-54(37-27-47)62-55-38-32-52(33-39-55)60(53-34-40-56(41-35-53)63-58(4,5)7-2)51-30-24-45(25-31-51)44-22-28-50(29-23-44)59(48-14-10-8-11-15-48)49-16-12-9-13-17-49/h8-42H,6-7H2,1-5H3. The highest BCUT2D eigenvalue weighted by molar-refractivity contribution is 6.09. The van der Waals surface area contributed by atoms with Gasteiger partial charge in [-0.25, -0.2) is 0 Å². The van der Waals surface area contributed by atoms with Crippen molar-refractivity contribution in [1.29, 1.82) is 0 Å². The van der Waals surface area contributed by atoms with Crippen LogP contribution in [0.5, 0.6) is 17.2 Å². The van der Waals surface area contributed by atoms with E-state index in [1.165, 1.54) is 5.56 Å². The molecule has 0 radical (unpaired) electrons. The van der Waals surface area contributed by atoms with Crippen LogP contribution in [0.4, 0.5) is 34.1 Å². The molecule has 0 saturated carbocycles. The fourth-order valence-corrected chi connectivity index (χ4v) is 7.55. The van der Waals surface area contributed by atoms with Crippen LogP contribution < -0.4 is 19.3 Å². The Kier molecular flexibility index (Phi) is 12.9. The van der Waals surface area contributed by atoms with E-state index in [0.29, 0.717) is 28.5 Å². The Morgan fingerprint density at radius 2 is 0.810 bits per heavy atom. The molecule has 0 amide bonds. The number of rotatable bonds is 16. The molecule has 5 heteroatoms. The molecular formula is C58H54N2O3. The summed E-state index contributed by atoms with van der Waals surface area (Å²) in [5.41, 5.74) is 10.8. The van der Waals surface area contributed by atoms with Gasteiger partial charge in [-0.1, -0.05) is 106 Å². The van der Waals surface area contributed by atoms with E-state index in [0.717, 1.165) is 63.8 Å². The highest BCUT2D eigenvalue weighted by atomic mass is 16.5. The van der Waals surface area contributed by atoms with E-state index in [1.54, 1.807) is 0 Å². The van der Waals surface area contributed by atoms with Crippen molar-refractivity contribution in [3.63, 3.8) is 0 Å². The van der Waals surface area contributed by atoms with Crippen LogP contribution in [0.25, 0.3) is 11.1 Å². The minimum absolute atomic E-state index is 0.00434. The lowest BCUT2D eigenvalue weighted by atomic mass is 9.95. The zero-order chi connectivity index (χ0) is 43.8. The molecule has 5 nitrogen and oxygen atoms in total. The molecule has 0 bridgehead atoms. The average Bonchev–Trinajstić information content (AvgIpc) is 3.34. The number of hydrogen-bond donors (Lipinski definition) is 0. The molecule has 0 N–H and O–H groups in total. The van der Waals surface area contributed by atoms with Gasteiger partial charge in [0, 0.05) is 45.3 Å².